The maximum atomic E-state index is 11.7. The van der Waals surface area contributed by atoms with E-state index in [-0.39, 0.29) is 11.9 Å². The number of hydrogen-bond donors (Lipinski definition) is 2. The number of hydrogen-bond acceptors (Lipinski definition) is 4. The Bertz CT molecular complexity index is 329. The van der Waals surface area contributed by atoms with Crippen LogP contribution in [0.2, 0.25) is 0 Å². The van der Waals surface area contributed by atoms with E-state index in [1.54, 1.807) is 6.07 Å². The van der Waals surface area contributed by atoms with Crippen molar-refractivity contribution in [2.75, 3.05) is 7.05 Å². The third-order valence-corrected chi connectivity index (χ3v) is 3.14. The highest BCUT2D eigenvalue weighted by Crippen LogP contribution is 2.18. The Kier molecular flexibility index (Phi) is 3.56. The van der Waals surface area contributed by atoms with Gasteiger partial charge in [-0.05, 0) is 32.7 Å². The Morgan fingerprint density at radius 2 is 2.06 bits per heavy atom. The quantitative estimate of drug-likeness (QED) is 0.800. The normalized spacial score (nSPS) is 25.3. The van der Waals surface area contributed by atoms with Crippen LogP contribution in [0.15, 0.2) is 16.9 Å². The molecule has 1 amide bonds. The minimum absolute atomic E-state index is 0.137. The fourth-order valence-electron chi connectivity index (χ4n) is 2.12. The van der Waals surface area contributed by atoms with Gasteiger partial charge in [0, 0.05) is 18.2 Å². The molecular weight excluding hydrogens is 206 g/mol. The molecule has 0 aromatic carbocycles. The predicted octanol–water partition coefficient (Wildman–Crippen LogP) is 0.935. The molecule has 0 radical (unpaired) electrons. The summed E-state index contributed by atoms with van der Waals surface area (Å²) in [6, 6.07) is 2.45. The lowest BCUT2D eigenvalue weighted by atomic mass is 9.91. The molecule has 0 aliphatic heterocycles. The number of nitrogens with zero attached hydrogens (tertiary/aromatic N) is 1. The molecule has 2 rings (SSSR count). The molecular formula is C11H17N3O2. The molecule has 1 aromatic rings. The first-order valence-electron chi connectivity index (χ1n) is 5.68. The molecule has 1 aliphatic rings. The highest BCUT2D eigenvalue weighted by atomic mass is 16.5. The standard InChI is InChI=1S/C11H17N3O2/c1-12-8-2-4-9(5-3-8)13-11(15)10-6-7-16-14-10/h6-9,12H,2-5H2,1H3,(H,13,15). The molecule has 0 atom stereocenters. The third-order valence-electron chi connectivity index (χ3n) is 3.14. The van der Waals surface area contributed by atoms with E-state index >= 15 is 0 Å². The Balaban J connectivity index is 1.81. The van der Waals surface area contributed by atoms with Crippen LogP contribution in [0.25, 0.3) is 0 Å². The van der Waals surface area contributed by atoms with E-state index in [9.17, 15) is 4.79 Å². The van der Waals surface area contributed by atoms with Gasteiger partial charge in [0.2, 0.25) is 0 Å². The average Bonchev–Trinajstić information content (AvgIpc) is 2.83. The number of aromatic nitrogens is 1. The second-order valence-electron chi connectivity index (χ2n) is 4.20. The monoisotopic (exact) mass is 223 g/mol. The third kappa shape index (κ3) is 2.61. The number of amides is 1. The van der Waals surface area contributed by atoms with Crippen LogP contribution in [-0.4, -0.2) is 30.2 Å². The van der Waals surface area contributed by atoms with Gasteiger partial charge in [0.1, 0.15) is 6.26 Å². The number of rotatable bonds is 3. The summed E-state index contributed by atoms with van der Waals surface area (Å²) in [5, 5.41) is 9.86. The fraction of sp³-hybridized carbons (Fsp3) is 0.636. The molecule has 5 heteroatoms. The molecule has 16 heavy (non-hydrogen) atoms. The largest absolute Gasteiger partial charge is 0.364 e. The van der Waals surface area contributed by atoms with Gasteiger partial charge in [-0.2, -0.15) is 0 Å². The lowest BCUT2D eigenvalue weighted by molar-refractivity contribution is 0.0915. The Hall–Kier alpha value is -1.36. The highest BCUT2D eigenvalue weighted by molar-refractivity contribution is 5.92. The van der Waals surface area contributed by atoms with Crippen molar-refractivity contribution in [3.8, 4) is 0 Å². The maximum Gasteiger partial charge on any atom is 0.273 e. The minimum atomic E-state index is -0.137. The van der Waals surface area contributed by atoms with E-state index in [1.807, 2.05) is 7.05 Å². The molecule has 0 bridgehead atoms. The van der Waals surface area contributed by atoms with E-state index in [2.05, 4.69) is 20.3 Å². The molecule has 1 saturated carbocycles. The smallest absolute Gasteiger partial charge is 0.273 e. The zero-order valence-corrected chi connectivity index (χ0v) is 9.40. The van der Waals surface area contributed by atoms with Gasteiger partial charge in [0.05, 0.1) is 0 Å². The van der Waals surface area contributed by atoms with Crippen molar-refractivity contribution in [3.05, 3.63) is 18.0 Å². The van der Waals surface area contributed by atoms with Crippen LogP contribution in [0.4, 0.5) is 0 Å². The maximum absolute atomic E-state index is 11.7. The summed E-state index contributed by atoms with van der Waals surface area (Å²) in [6.45, 7) is 0. The van der Waals surface area contributed by atoms with Crippen LogP contribution in [0.1, 0.15) is 36.2 Å². The van der Waals surface area contributed by atoms with Crippen LogP contribution < -0.4 is 10.6 Å². The SMILES string of the molecule is CNC1CCC(NC(=O)c2ccon2)CC1. The number of carbonyl (C=O) groups excluding carboxylic acids is 1. The number of carbonyl (C=O) groups is 1. The molecule has 1 aliphatic carbocycles. The molecule has 0 saturated heterocycles. The van der Waals surface area contributed by atoms with Crippen molar-refractivity contribution in [2.24, 2.45) is 0 Å². The highest BCUT2D eigenvalue weighted by Gasteiger charge is 2.22. The van der Waals surface area contributed by atoms with Gasteiger partial charge in [-0.1, -0.05) is 5.16 Å². The van der Waals surface area contributed by atoms with Crippen molar-refractivity contribution in [1.82, 2.24) is 15.8 Å². The Morgan fingerprint density at radius 3 is 2.62 bits per heavy atom. The summed E-state index contributed by atoms with van der Waals surface area (Å²) < 4.78 is 4.64. The van der Waals surface area contributed by atoms with Crippen molar-refractivity contribution in [1.29, 1.82) is 0 Å². The van der Waals surface area contributed by atoms with Gasteiger partial charge in [0.25, 0.3) is 5.91 Å². The molecule has 1 fully saturated rings. The summed E-state index contributed by atoms with van der Waals surface area (Å²) in [6.07, 6.45) is 5.68. The topological polar surface area (TPSA) is 67.2 Å². The first-order valence-corrected chi connectivity index (χ1v) is 5.68. The van der Waals surface area contributed by atoms with E-state index in [4.69, 9.17) is 0 Å². The lowest BCUT2D eigenvalue weighted by Crippen LogP contribution is -2.41. The van der Waals surface area contributed by atoms with Crippen LogP contribution in [0, 0.1) is 0 Å². The molecule has 88 valence electrons. The molecule has 5 nitrogen and oxygen atoms in total. The Morgan fingerprint density at radius 1 is 1.38 bits per heavy atom. The molecule has 2 N–H and O–H groups in total. The van der Waals surface area contributed by atoms with Crippen molar-refractivity contribution < 1.29 is 9.32 Å². The van der Waals surface area contributed by atoms with E-state index in [1.165, 1.54) is 6.26 Å². The number of nitrogens with one attached hydrogen (secondary N) is 2. The van der Waals surface area contributed by atoms with Gasteiger partial charge in [-0.3, -0.25) is 4.79 Å². The van der Waals surface area contributed by atoms with Gasteiger partial charge in [0.15, 0.2) is 5.69 Å². The van der Waals surface area contributed by atoms with Crippen molar-refractivity contribution >= 4 is 5.91 Å². The second kappa shape index (κ2) is 5.12. The van der Waals surface area contributed by atoms with E-state index < -0.39 is 0 Å². The first-order chi connectivity index (χ1) is 7.79. The molecule has 1 heterocycles. The lowest BCUT2D eigenvalue weighted by Gasteiger charge is -2.28. The zero-order chi connectivity index (χ0) is 11.4. The Labute approximate surface area is 94.6 Å². The minimum Gasteiger partial charge on any atom is -0.364 e. The van der Waals surface area contributed by atoms with Crippen LogP contribution in [0.5, 0.6) is 0 Å². The van der Waals surface area contributed by atoms with Crippen LogP contribution in [0.3, 0.4) is 0 Å². The molecule has 0 unspecified atom stereocenters. The summed E-state index contributed by atoms with van der Waals surface area (Å²) in [7, 11) is 1.99. The van der Waals surface area contributed by atoms with Gasteiger partial charge in [-0.15, -0.1) is 0 Å². The summed E-state index contributed by atoms with van der Waals surface area (Å²) in [5.41, 5.74) is 0.357. The van der Waals surface area contributed by atoms with Crippen molar-refractivity contribution in [2.45, 2.75) is 37.8 Å². The van der Waals surface area contributed by atoms with Gasteiger partial charge in [-0.25, -0.2) is 0 Å². The molecule has 0 spiro atoms. The van der Waals surface area contributed by atoms with E-state index in [0.717, 1.165) is 25.7 Å². The predicted molar refractivity (Wildman–Crippen MR) is 59.1 cm³/mol. The van der Waals surface area contributed by atoms with Crippen LogP contribution >= 0.6 is 0 Å². The molecule has 1 aromatic heterocycles. The first kappa shape index (κ1) is 11.1. The second-order valence-corrected chi connectivity index (χ2v) is 4.20. The van der Waals surface area contributed by atoms with Crippen LogP contribution in [-0.2, 0) is 0 Å². The fourth-order valence-corrected chi connectivity index (χ4v) is 2.12. The zero-order valence-electron chi connectivity index (χ0n) is 9.40. The summed E-state index contributed by atoms with van der Waals surface area (Å²) >= 11 is 0. The van der Waals surface area contributed by atoms with Gasteiger partial charge >= 0.3 is 0 Å². The summed E-state index contributed by atoms with van der Waals surface area (Å²) in [5.74, 6) is -0.137. The van der Waals surface area contributed by atoms with Crippen molar-refractivity contribution in [3.63, 3.8) is 0 Å². The van der Waals surface area contributed by atoms with E-state index in [0.29, 0.717) is 11.7 Å². The average molecular weight is 223 g/mol. The van der Waals surface area contributed by atoms with Gasteiger partial charge < -0.3 is 15.2 Å². The summed E-state index contributed by atoms with van der Waals surface area (Å²) in [4.78, 5) is 11.7.